The van der Waals surface area contributed by atoms with Crippen LogP contribution in [0.25, 0.3) is 10.9 Å². The molecule has 0 fully saturated rings. The second-order valence-corrected chi connectivity index (χ2v) is 6.35. The van der Waals surface area contributed by atoms with Crippen LogP contribution >= 0.6 is 11.8 Å². The van der Waals surface area contributed by atoms with Crippen molar-refractivity contribution in [2.75, 3.05) is 5.32 Å². The van der Waals surface area contributed by atoms with Gasteiger partial charge in [0.15, 0.2) is 6.20 Å². The van der Waals surface area contributed by atoms with Crippen LogP contribution in [0.15, 0.2) is 66.0 Å². The summed E-state index contributed by atoms with van der Waals surface area (Å²) in [5.74, 6) is -0.157. The fourth-order valence-corrected chi connectivity index (χ4v) is 3.04. The third-order valence-corrected chi connectivity index (χ3v) is 4.48. The van der Waals surface area contributed by atoms with E-state index in [1.165, 1.54) is 18.0 Å². The van der Waals surface area contributed by atoms with Crippen molar-refractivity contribution in [2.24, 2.45) is 0 Å². The van der Waals surface area contributed by atoms with Crippen LogP contribution < -0.4 is 10.0 Å². The van der Waals surface area contributed by atoms with Gasteiger partial charge in [-0.25, -0.2) is 0 Å². The number of anilines is 1. The van der Waals surface area contributed by atoms with E-state index in [2.05, 4.69) is 10.3 Å². The molecule has 6 heteroatoms. The van der Waals surface area contributed by atoms with Gasteiger partial charge >= 0.3 is 0 Å². The average molecular weight is 325 g/mol. The molecule has 1 atom stereocenters. The number of nitrogens with zero attached hydrogens (tertiary/aromatic N) is 2. The highest BCUT2D eigenvalue weighted by molar-refractivity contribution is 8.00. The molecule has 0 spiro atoms. The number of amides is 1. The van der Waals surface area contributed by atoms with E-state index in [9.17, 15) is 10.0 Å². The number of nitrogens with one attached hydrogen (secondary N) is 1. The predicted octanol–water partition coefficient (Wildman–Crippen LogP) is 2.99. The Hall–Kier alpha value is -2.60. The zero-order valence-electron chi connectivity index (χ0n) is 12.5. The highest BCUT2D eigenvalue weighted by Crippen LogP contribution is 2.24. The molecule has 3 rings (SSSR count). The summed E-state index contributed by atoms with van der Waals surface area (Å²) in [6.07, 6.45) is 3.14. The van der Waals surface area contributed by atoms with Gasteiger partial charge in [0.25, 0.3) is 5.03 Å². The van der Waals surface area contributed by atoms with Crippen LogP contribution in [0.5, 0.6) is 0 Å². The number of carbonyl (C=O) groups excluding carboxylic acids is 1. The normalized spacial score (nSPS) is 12.0. The summed E-state index contributed by atoms with van der Waals surface area (Å²) in [5, 5.41) is 15.6. The summed E-state index contributed by atoms with van der Waals surface area (Å²) < 4.78 is 0.760. The van der Waals surface area contributed by atoms with Gasteiger partial charge in [-0.15, -0.1) is 0 Å². The standard InChI is InChI=1S/C17H15N3O2S/c1-12(23-16-9-2-3-11-20(16)22)17(21)19-15-8-4-7-14-13(15)6-5-10-18-14/h2-12H,1H3,(H,19,21). The van der Waals surface area contributed by atoms with Crippen molar-refractivity contribution in [3.8, 4) is 0 Å². The molecule has 1 unspecified atom stereocenters. The van der Waals surface area contributed by atoms with Crippen molar-refractivity contribution < 1.29 is 9.52 Å². The molecule has 0 bridgehead atoms. The van der Waals surface area contributed by atoms with E-state index in [1.807, 2.05) is 30.3 Å². The second kappa shape index (κ2) is 6.66. The molecule has 3 aromatic rings. The monoisotopic (exact) mass is 325 g/mol. The SMILES string of the molecule is CC(Sc1cccc[n+]1[O-])C(=O)Nc1cccc2ncccc12. The Kier molecular flexibility index (Phi) is 4.43. The largest absolute Gasteiger partial charge is 0.618 e. The Bertz CT molecular complexity index is 849. The van der Waals surface area contributed by atoms with Crippen LogP contribution in [0.1, 0.15) is 6.92 Å². The van der Waals surface area contributed by atoms with Gasteiger partial charge < -0.3 is 10.5 Å². The van der Waals surface area contributed by atoms with Gasteiger partial charge in [-0.2, -0.15) is 4.73 Å². The third kappa shape index (κ3) is 3.43. The first-order valence-corrected chi connectivity index (χ1v) is 8.02. The molecule has 0 aliphatic rings. The number of fused-ring (bicyclic) bond motifs is 1. The maximum atomic E-state index is 12.4. The van der Waals surface area contributed by atoms with Crippen molar-refractivity contribution in [3.63, 3.8) is 0 Å². The minimum absolute atomic E-state index is 0.157. The second-order valence-electron chi connectivity index (χ2n) is 4.99. The van der Waals surface area contributed by atoms with Gasteiger partial charge in [0.1, 0.15) is 0 Å². The molecule has 0 saturated heterocycles. The Morgan fingerprint density at radius 1 is 1.22 bits per heavy atom. The molecule has 0 radical (unpaired) electrons. The quantitative estimate of drug-likeness (QED) is 0.455. The summed E-state index contributed by atoms with van der Waals surface area (Å²) in [6.45, 7) is 1.77. The molecule has 1 aromatic carbocycles. The lowest BCUT2D eigenvalue weighted by molar-refractivity contribution is -0.645. The predicted molar refractivity (Wildman–Crippen MR) is 91.1 cm³/mol. The maximum Gasteiger partial charge on any atom is 0.252 e. The Morgan fingerprint density at radius 3 is 2.91 bits per heavy atom. The molecule has 2 heterocycles. The van der Waals surface area contributed by atoms with E-state index in [4.69, 9.17) is 0 Å². The van der Waals surface area contributed by atoms with Gasteiger partial charge in [0.2, 0.25) is 5.91 Å². The Balaban J connectivity index is 1.77. The molecule has 2 aromatic heterocycles. The van der Waals surface area contributed by atoms with Gasteiger partial charge in [0.05, 0.1) is 16.5 Å². The maximum absolute atomic E-state index is 12.4. The molecule has 0 aliphatic carbocycles. The van der Waals surface area contributed by atoms with Crippen molar-refractivity contribution in [1.82, 2.24) is 4.98 Å². The van der Waals surface area contributed by atoms with Gasteiger partial charge in [-0.05, 0) is 49.0 Å². The summed E-state index contributed by atoms with van der Waals surface area (Å²) in [4.78, 5) is 16.7. The molecule has 5 nitrogen and oxygen atoms in total. The third-order valence-electron chi connectivity index (χ3n) is 3.36. The minimum Gasteiger partial charge on any atom is -0.618 e. The first-order valence-electron chi connectivity index (χ1n) is 7.14. The van der Waals surface area contributed by atoms with Gasteiger partial charge in [-0.1, -0.05) is 6.07 Å². The number of carbonyl (C=O) groups is 1. The lowest BCUT2D eigenvalue weighted by Gasteiger charge is -2.13. The van der Waals surface area contributed by atoms with E-state index >= 15 is 0 Å². The first kappa shape index (κ1) is 15.3. The molecule has 0 saturated carbocycles. The first-order chi connectivity index (χ1) is 11.1. The van der Waals surface area contributed by atoms with Gasteiger partial charge in [0, 0.05) is 23.7 Å². The average Bonchev–Trinajstić information content (AvgIpc) is 2.57. The summed E-state index contributed by atoms with van der Waals surface area (Å²) in [6, 6.07) is 14.5. The van der Waals surface area contributed by atoms with E-state index in [0.29, 0.717) is 5.03 Å². The zero-order chi connectivity index (χ0) is 16.2. The molecular formula is C17H15N3O2S. The highest BCUT2D eigenvalue weighted by atomic mass is 32.2. The lowest BCUT2D eigenvalue weighted by Crippen LogP contribution is -2.30. The number of hydrogen-bond donors (Lipinski definition) is 1. The molecule has 23 heavy (non-hydrogen) atoms. The van der Waals surface area contributed by atoms with E-state index in [1.54, 1.807) is 31.3 Å². The molecular weight excluding hydrogens is 310 g/mol. The smallest absolute Gasteiger partial charge is 0.252 e. The van der Waals surface area contributed by atoms with Crippen molar-refractivity contribution in [3.05, 3.63) is 66.1 Å². The van der Waals surface area contributed by atoms with E-state index in [0.717, 1.165) is 21.3 Å². The van der Waals surface area contributed by atoms with Crippen LogP contribution in [0.4, 0.5) is 5.69 Å². The highest BCUT2D eigenvalue weighted by Gasteiger charge is 2.19. The van der Waals surface area contributed by atoms with Crippen LogP contribution in [0.3, 0.4) is 0 Å². The minimum atomic E-state index is -0.399. The number of aromatic nitrogens is 2. The van der Waals surface area contributed by atoms with Crippen LogP contribution in [0, 0.1) is 5.21 Å². The molecule has 1 N–H and O–H groups in total. The van der Waals surface area contributed by atoms with E-state index in [-0.39, 0.29) is 5.91 Å². The molecule has 1 amide bonds. The van der Waals surface area contributed by atoms with Crippen molar-refractivity contribution in [2.45, 2.75) is 17.2 Å². The number of benzene rings is 1. The molecule has 116 valence electrons. The number of hydrogen-bond acceptors (Lipinski definition) is 4. The summed E-state index contributed by atoms with van der Waals surface area (Å²) >= 11 is 1.23. The Morgan fingerprint density at radius 2 is 2.09 bits per heavy atom. The fourth-order valence-electron chi connectivity index (χ4n) is 2.19. The van der Waals surface area contributed by atoms with Crippen LogP contribution in [0.2, 0.25) is 0 Å². The number of pyridine rings is 2. The number of thioether (sulfide) groups is 1. The summed E-state index contributed by atoms with van der Waals surface area (Å²) in [7, 11) is 0. The molecule has 0 aliphatic heterocycles. The zero-order valence-corrected chi connectivity index (χ0v) is 13.3. The van der Waals surface area contributed by atoms with Crippen LogP contribution in [-0.4, -0.2) is 16.1 Å². The fraction of sp³-hybridized carbons (Fsp3) is 0.118. The lowest BCUT2D eigenvalue weighted by atomic mass is 10.2. The van der Waals surface area contributed by atoms with Crippen molar-refractivity contribution >= 4 is 34.3 Å². The topological polar surface area (TPSA) is 68.9 Å². The van der Waals surface area contributed by atoms with Gasteiger partial charge in [-0.3, -0.25) is 9.78 Å². The summed E-state index contributed by atoms with van der Waals surface area (Å²) in [5.41, 5.74) is 1.54. The van der Waals surface area contributed by atoms with Crippen molar-refractivity contribution in [1.29, 1.82) is 0 Å². The van der Waals surface area contributed by atoms with Crippen LogP contribution in [-0.2, 0) is 4.79 Å². The number of rotatable bonds is 4. The van der Waals surface area contributed by atoms with E-state index < -0.39 is 5.25 Å². The Labute approximate surface area is 137 Å².